The molecule has 0 unspecified atom stereocenters. The van der Waals surface area contributed by atoms with Crippen molar-refractivity contribution in [2.45, 2.75) is 13.8 Å². The molecule has 1 fully saturated rings. The molecule has 4 nitrogen and oxygen atoms in total. The van der Waals surface area contributed by atoms with Gasteiger partial charge in [0.05, 0.1) is 4.91 Å². The average Bonchev–Trinajstić information content (AvgIpc) is 2.86. The quantitative estimate of drug-likeness (QED) is 0.799. The number of amides is 1. The van der Waals surface area contributed by atoms with Crippen molar-refractivity contribution >= 4 is 44.8 Å². The van der Waals surface area contributed by atoms with Gasteiger partial charge in [0.1, 0.15) is 5.76 Å². The van der Waals surface area contributed by atoms with Crippen LogP contribution < -0.4 is 0 Å². The van der Waals surface area contributed by atoms with E-state index in [-0.39, 0.29) is 5.91 Å². The van der Waals surface area contributed by atoms with Crippen molar-refractivity contribution in [2.75, 3.05) is 13.1 Å². The summed E-state index contributed by atoms with van der Waals surface area (Å²) in [7, 11) is 0. The molecule has 1 saturated heterocycles. The summed E-state index contributed by atoms with van der Waals surface area (Å²) in [6.07, 6.45) is 1.75. The van der Waals surface area contributed by atoms with Gasteiger partial charge < -0.3 is 4.42 Å². The summed E-state index contributed by atoms with van der Waals surface area (Å²) in [5, 5.41) is 0.766. The molecular formula is C12H13BrN2O2S. The van der Waals surface area contributed by atoms with E-state index in [1.165, 1.54) is 11.8 Å². The van der Waals surface area contributed by atoms with Crippen molar-refractivity contribution < 1.29 is 9.21 Å². The number of thioether (sulfide) groups is 1. The van der Waals surface area contributed by atoms with Crippen molar-refractivity contribution in [3.8, 4) is 0 Å². The first kappa shape index (κ1) is 13.4. The van der Waals surface area contributed by atoms with Crippen molar-refractivity contribution in [1.82, 2.24) is 4.90 Å². The molecule has 0 bridgehead atoms. The van der Waals surface area contributed by atoms with Crippen LogP contribution in [-0.4, -0.2) is 29.1 Å². The largest absolute Gasteiger partial charge is 0.450 e. The Labute approximate surface area is 118 Å². The second kappa shape index (κ2) is 5.75. The Hall–Kier alpha value is -1.01. The van der Waals surface area contributed by atoms with Gasteiger partial charge in [-0.25, -0.2) is 0 Å². The van der Waals surface area contributed by atoms with Crippen LogP contribution in [0.2, 0.25) is 0 Å². The van der Waals surface area contributed by atoms with Crippen LogP contribution in [0.15, 0.2) is 31.1 Å². The van der Waals surface area contributed by atoms with E-state index < -0.39 is 0 Å². The summed E-state index contributed by atoms with van der Waals surface area (Å²) in [6.45, 7) is 5.20. The molecule has 0 spiro atoms. The van der Waals surface area contributed by atoms with Gasteiger partial charge in [0.25, 0.3) is 5.91 Å². The number of nitrogens with zero attached hydrogens (tertiary/aromatic N) is 2. The van der Waals surface area contributed by atoms with Gasteiger partial charge in [-0.1, -0.05) is 0 Å². The Morgan fingerprint density at radius 1 is 1.50 bits per heavy atom. The fraction of sp³-hybridized carbons (Fsp3) is 0.333. The number of rotatable bonds is 3. The van der Waals surface area contributed by atoms with Crippen LogP contribution in [0.5, 0.6) is 0 Å². The standard InChI is InChI=1S/C12H13BrN2O2S/c1-3-14-12-15(4-2)11(16)9(18-12)7-8-5-6-10(13)17-8/h5-7H,3-4H2,1-2H3/b9-7+,14-12?. The first-order valence-electron chi connectivity index (χ1n) is 5.67. The first-order valence-corrected chi connectivity index (χ1v) is 7.27. The normalized spacial score (nSPS) is 20.4. The Kier molecular flexibility index (Phi) is 4.29. The minimum Gasteiger partial charge on any atom is -0.450 e. The van der Waals surface area contributed by atoms with Gasteiger partial charge in [0.15, 0.2) is 9.84 Å². The number of furan rings is 1. The fourth-order valence-corrected chi connectivity index (χ4v) is 2.98. The second-order valence-electron chi connectivity index (χ2n) is 3.56. The fourth-order valence-electron chi connectivity index (χ4n) is 1.58. The van der Waals surface area contributed by atoms with Gasteiger partial charge in [-0.15, -0.1) is 0 Å². The van der Waals surface area contributed by atoms with E-state index >= 15 is 0 Å². The third-order valence-electron chi connectivity index (χ3n) is 2.37. The van der Waals surface area contributed by atoms with Crippen LogP contribution in [-0.2, 0) is 4.79 Å². The molecule has 2 rings (SSSR count). The average molecular weight is 329 g/mol. The number of hydrogen-bond acceptors (Lipinski definition) is 4. The Balaban J connectivity index is 2.28. The molecule has 0 aliphatic carbocycles. The molecule has 1 aliphatic rings. The van der Waals surface area contributed by atoms with E-state index in [1.807, 2.05) is 19.9 Å². The zero-order valence-corrected chi connectivity index (χ0v) is 12.5. The number of hydrogen-bond donors (Lipinski definition) is 0. The maximum absolute atomic E-state index is 12.1. The van der Waals surface area contributed by atoms with Gasteiger partial charge in [-0.2, -0.15) is 0 Å². The van der Waals surface area contributed by atoms with Crippen LogP contribution in [0.4, 0.5) is 0 Å². The number of carbonyl (C=O) groups excluding carboxylic acids is 1. The second-order valence-corrected chi connectivity index (χ2v) is 5.35. The van der Waals surface area contributed by atoms with Gasteiger partial charge >= 0.3 is 0 Å². The molecule has 96 valence electrons. The summed E-state index contributed by atoms with van der Waals surface area (Å²) >= 11 is 4.63. The maximum Gasteiger partial charge on any atom is 0.266 e. The molecule has 1 amide bonds. The molecule has 1 aromatic rings. The summed E-state index contributed by atoms with van der Waals surface area (Å²) in [6, 6.07) is 3.62. The molecule has 6 heteroatoms. The van der Waals surface area contributed by atoms with Crippen LogP contribution >= 0.6 is 27.7 Å². The third kappa shape index (κ3) is 2.70. The minimum atomic E-state index is -0.0118. The van der Waals surface area contributed by atoms with E-state index in [9.17, 15) is 4.79 Å². The molecule has 1 aliphatic heterocycles. The zero-order valence-electron chi connectivity index (χ0n) is 10.1. The monoisotopic (exact) mass is 328 g/mol. The number of carbonyl (C=O) groups is 1. The number of halogens is 1. The predicted octanol–water partition coefficient (Wildman–Crippen LogP) is 3.35. The van der Waals surface area contributed by atoms with Gasteiger partial charge in [0.2, 0.25) is 0 Å². The predicted molar refractivity (Wildman–Crippen MR) is 77.3 cm³/mol. The Bertz CT molecular complexity index is 522. The SMILES string of the molecule is CCN=C1S/C(=C/c2ccc(Br)o2)C(=O)N1CC. The number of amidine groups is 1. The zero-order chi connectivity index (χ0) is 13.1. The highest BCUT2D eigenvalue weighted by Gasteiger charge is 2.32. The van der Waals surface area contributed by atoms with E-state index in [0.29, 0.717) is 28.4 Å². The molecule has 0 saturated carbocycles. The van der Waals surface area contributed by atoms with E-state index in [2.05, 4.69) is 20.9 Å². The number of likely N-dealkylation sites (N-methyl/N-ethyl adjacent to an activating group) is 1. The summed E-state index contributed by atoms with van der Waals surface area (Å²) < 4.78 is 6.03. The summed E-state index contributed by atoms with van der Waals surface area (Å²) in [5.41, 5.74) is 0. The molecule has 2 heterocycles. The molecule has 1 aromatic heterocycles. The Morgan fingerprint density at radius 2 is 2.28 bits per heavy atom. The maximum atomic E-state index is 12.1. The molecule has 18 heavy (non-hydrogen) atoms. The molecular weight excluding hydrogens is 316 g/mol. The van der Waals surface area contributed by atoms with Crippen LogP contribution in [0.25, 0.3) is 6.08 Å². The summed E-state index contributed by atoms with van der Waals surface area (Å²) in [4.78, 5) is 18.8. The lowest BCUT2D eigenvalue weighted by Crippen LogP contribution is -2.28. The molecule has 0 radical (unpaired) electrons. The molecule has 0 atom stereocenters. The van der Waals surface area contributed by atoms with Crippen molar-refractivity contribution in [2.24, 2.45) is 4.99 Å². The van der Waals surface area contributed by atoms with Gasteiger partial charge in [-0.05, 0) is 53.7 Å². The lowest BCUT2D eigenvalue weighted by Gasteiger charge is -2.11. The van der Waals surface area contributed by atoms with Crippen molar-refractivity contribution in [3.63, 3.8) is 0 Å². The van der Waals surface area contributed by atoms with E-state index in [4.69, 9.17) is 4.42 Å². The molecule has 0 aromatic carbocycles. The van der Waals surface area contributed by atoms with E-state index in [0.717, 1.165) is 5.17 Å². The van der Waals surface area contributed by atoms with Crippen LogP contribution in [0.1, 0.15) is 19.6 Å². The highest BCUT2D eigenvalue weighted by Crippen LogP contribution is 2.32. The minimum absolute atomic E-state index is 0.0118. The molecule has 0 N–H and O–H groups in total. The summed E-state index contributed by atoms with van der Waals surface area (Å²) in [5.74, 6) is 0.647. The van der Waals surface area contributed by atoms with Crippen molar-refractivity contribution in [1.29, 1.82) is 0 Å². The highest BCUT2D eigenvalue weighted by molar-refractivity contribution is 9.10. The topological polar surface area (TPSA) is 45.8 Å². The number of aliphatic imine (C=N–C) groups is 1. The lowest BCUT2D eigenvalue weighted by atomic mass is 10.3. The smallest absolute Gasteiger partial charge is 0.266 e. The van der Waals surface area contributed by atoms with Crippen LogP contribution in [0, 0.1) is 0 Å². The third-order valence-corrected chi connectivity index (χ3v) is 3.84. The van der Waals surface area contributed by atoms with Gasteiger partial charge in [0, 0.05) is 19.2 Å². The van der Waals surface area contributed by atoms with E-state index in [1.54, 1.807) is 17.0 Å². The van der Waals surface area contributed by atoms with Crippen LogP contribution in [0.3, 0.4) is 0 Å². The van der Waals surface area contributed by atoms with Crippen molar-refractivity contribution in [3.05, 3.63) is 27.5 Å². The lowest BCUT2D eigenvalue weighted by molar-refractivity contribution is -0.122. The van der Waals surface area contributed by atoms with Gasteiger partial charge in [-0.3, -0.25) is 14.7 Å². The first-order chi connectivity index (χ1) is 8.65. The Morgan fingerprint density at radius 3 is 2.83 bits per heavy atom. The highest BCUT2D eigenvalue weighted by atomic mass is 79.9.